The van der Waals surface area contributed by atoms with Crippen molar-refractivity contribution in [1.82, 2.24) is 5.32 Å². The summed E-state index contributed by atoms with van der Waals surface area (Å²) in [6, 6.07) is 7.87. The average molecular weight is 279 g/mol. The van der Waals surface area contributed by atoms with Gasteiger partial charge >= 0.3 is 5.97 Å². The van der Waals surface area contributed by atoms with Crippen molar-refractivity contribution in [1.29, 1.82) is 0 Å². The van der Waals surface area contributed by atoms with Crippen LogP contribution in [0, 0.1) is 0 Å². The van der Waals surface area contributed by atoms with E-state index < -0.39 is 24.0 Å². The average Bonchev–Trinajstić information content (AvgIpc) is 2.50. The summed E-state index contributed by atoms with van der Waals surface area (Å²) in [6.07, 6.45) is 0.910. The summed E-state index contributed by atoms with van der Waals surface area (Å²) in [5.74, 6) is -1.09. The zero-order chi connectivity index (χ0) is 15.0. The maximum absolute atomic E-state index is 12.0. The van der Waals surface area contributed by atoms with Crippen LogP contribution >= 0.6 is 0 Å². The molecule has 1 amide bonds. The van der Waals surface area contributed by atoms with Crippen LogP contribution in [0.3, 0.4) is 0 Å². The molecule has 2 N–H and O–H groups in total. The third-order valence-electron chi connectivity index (χ3n) is 3.01. The van der Waals surface area contributed by atoms with Crippen molar-refractivity contribution >= 4 is 11.9 Å². The third-order valence-corrected chi connectivity index (χ3v) is 3.01. The number of unbranched alkanes of at least 4 members (excludes halogenated alkanes) is 1. The highest BCUT2D eigenvalue weighted by atomic mass is 16.5. The monoisotopic (exact) mass is 279 g/mol. The number of benzene rings is 1. The van der Waals surface area contributed by atoms with Gasteiger partial charge in [0.1, 0.15) is 6.04 Å². The Kier molecular flexibility index (Phi) is 6.73. The van der Waals surface area contributed by atoms with Gasteiger partial charge in [0.2, 0.25) is 0 Å². The molecule has 110 valence electrons. The fraction of sp³-hybridized carbons (Fsp3) is 0.467. The fourth-order valence-corrected chi connectivity index (χ4v) is 1.84. The van der Waals surface area contributed by atoms with Crippen LogP contribution in [0.15, 0.2) is 30.3 Å². The first kappa shape index (κ1) is 16.2. The van der Waals surface area contributed by atoms with Crippen molar-refractivity contribution in [3.63, 3.8) is 0 Å². The third kappa shape index (κ3) is 4.66. The van der Waals surface area contributed by atoms with Crippen LogP contribution in [-0.4, -0.2) is 30.1 Å². The lowest BCUT2D eigenvalue weighted by Crippen LogP contribution is -2.43. The van der Waals surface area contributed by atoms with E-state index in [0.717, 1.165) is 12.8 Å². The quantitative estimate of drug-likeness (QED) is 0.743. The standard InChI is InChI=1S/C15H21NO4/c1-3-4-10-12(15(19)20-2)16-14(18)13(17)11-8-6-5-7-9-11/h5-9,12-13,17H,3-4,10H2,1-2H3,(H,16,18)/t12-,13+/m1/s1. The number of aliphatic hydroxyl groups is 1. The summed E-state index contributed by atoms with van der Waals surface area (Å²) >= 11 is 0. The molecule has 0 aliphatic carbocycles. The Morgan fingerprint density at radius 3 is 2.50 bits per heavy atom. The number of nitrogens with one attached hydrogen (secondary N) is 1. The lowest BCUT2D eigenvalue weighted by Gasteiger charge is -2.18. The van der Waals surface area contributed by atoms with Gasteiger partial charge in [-0.25, -0.2) is 4.79 Å². The molecule has 0 fully saturated rings. The van der Waals surface area contributed by atoms with Crippen LogP contribution in [0.2, 0.25) is 0 Å². The predicted octanol–water partition coefficient (Wildman–Crippen LogP) is 1.57. The number of aliphatic hydroxyl groups excluding tert-OH is 1. The summed E-state index contributed by atoms with van der Waals surface area (Å²) in [6.45, 7) is 2.00. The van der Waals surface area contributed by atoms with Crippen LogP contribution in [0.1, 0.15) is 37.9 Å². The number of carbonyl (C=O) groups is 2. The molecule has 0 unspecified atom stereocenters. The van der Waals surface area contributed by atoms with Crippen LogP contribution in [0.4, 0.5) is 0 Å². The Hall–Kier alpha value is -1.88. The Morgan fingerprint density at radius 1 is 1.30 bits per heavy atom. The molecule has 0 aliphatic rings. The second-order valence-electron chi connectivity index (χ2n) is 4.54. The predicted molar refractivity (Wildman–Crippen MR) is 74.9 cm³/mol. The lowest BCUT2D eigenvalue weighted by atomic mass is 10.1. The normalized spacial score (nSPS) is 13.3. The molecule has 0 radical (unpaired) electrons. The smallest absolute Gasteiger partial charge is 0.328 e. The second kappa shape index (κ2) is 8.32. The molecule has 0 saturated carbocycles. The number of esters is 1. The van der Waals surface area contributed by atoms with E-state index in [1.165, 1.54) is 7.11 Å². The minimum atomic E-state index is -1.29. The van der Waals surface area contributed by atoms with Crippen molar-refractivity contribution in [2.45, 2.75) is 38.3 Å². The molecule has 0 aliphatic heterocycles. The molecule has 2 atom stereocenters. The zero-order valence-corrected chi connectivity index (χ0v) is 11.8. The summed E-state index contributed by atoms with van der Waals surface area (Å²) < 4.78 is 4.66. The van der Waals surface area contributed by atoms with Gasteiger partial charge < -0.3 is 15.2 Å². The van der Waals surface area contributed by atoms with Gasteiger partial charge in [0.05, 0.1) is 7.11 Å². The molecule has 1 aromatic carbocycles. The van der Waals surface area contributed by atoms with Crippen LogP contribution in [-0.2, 0) is 14.3 Å². The Bertz CT molecular complexity index is 433. The minimum Gasteiger partial charge on any atom is -0.467 e. The molecule has 0 saturated heterocycles. The molecule has 0 bridgehead atoms. The van der Waals surface area contributed by atoms with Crippen molar-refractivity contribution < 1.29 is 19.4 Å². The van der Waals surface area contributed by atoms with E-state index in [4.69, 9.17) is 0 Å². The molecule has 5 heteroatoms. The zero-order valence-electron chi connectivity index (χ0n) is 11.8. The van der Waals surface area contributed by atoms with Crippen LogP contribution in [0.25, 0.3) is 0 Å². The summed E-state index contributed by atoms with van der Waals surface area (Å²) in [7, 11) is 1.28. The molecule has 1 rings (SSSR count). The van der Waals surface area contributed by atoms with Gasteiger partial charge in [0.15, 0.2) is 6.10 Å². The van der Waals surface area contributed by atoms with E-state index in [2.05, 4.69) is 10.1 Å². The van der Waals surface area contributed by atoms with Gasteiger partial charge in [-0.05, 0) is 12.0 Å². The first-order valence-electron chi connectivity index (χ1n) is 6.71. The van der Waals surface area contributed by atoms with Crippen molar-refractivity contribution in [2.24, 2.45) is 0 Å². The number of methoxy groups -OCH3 is 1. The number of amides is 1. The Labute approximate surface area is 118 Å². The van der Waals surface area contributed by atoms with Gasteiger partial charge in [-0.3, -0.25) is 4.79 Å². The van der Waals surface area contributed by atoms with Gasteiger partial charge in [-0.15, -0.1) is 0 Å². The molecule has 0 aromatic heterocycles. The highest BCUT2D eigenvalue weighted by Gasteiger charge is 2.25. The number of carbonyl (C=O) groups excluding carboxylic acids is 2. The SMILES string of the molecule is CCCC[C@@H](NC(=O)[C@@H](O)c1ccccc1)C(=O)OC. The molecule has 0 spiro atoms. The molecule has 20 heavy (non-hydrogen) atoms. The summed E-state index contributed by atoms with van der Waals surface area (Å²) in [4.78, 5) is 23.6. The topological polar surface area (TPSA) is 75.6 Å². The summed E-state index contributed by atoms with van der Waals surface area (Å²) in [5.41, 5.74) is 0.490. The van der Waals surface area contributed by atoms with E-state index in [1.54, 1.807) is 30.3 Å². The van der Waals surface area contributed by atoms with E-state index >= 15 is 0 Å². The number of ether oxygens (including phenoxy) is 1. The highest BCUT2D eigenvalue weighted by molar-refractivity contribution is 5.87. The second-order valence-corrected chi connectivity index (χ2v) is 4.54. The first-order chi connectivity index (χ1) is 9.60. The van der Waals surface area contributed by atoms with Gasteiger partial charge in [0, 0.05) is 0 Å². The molecule has 0 heterocycles. The van der Waals surface area contributed by atoms with Crippen molar-refractivity contribution in [3.8, 4) is 0 Å². The van der Waals surface area contributed by atoms with Crippen LogP contribution < -0.4 is 5.32 Å². The van der Waals surface area contributed by atoms with E-state index in [9.17, 15) is 14.7 Å². The van der Waals surface area contributed by atoms with E-state index in [0.29, 0.717) is 12.0 Å². The lowest BCUT2D eigenvalue weighted by molar-refractivity contribution is -0.146. The van der Waals surface area contributed by atoms with E-state index in [1.807, 2.05) is 6.92 Å². The highest BCUT2D eigenvalue weighted by Crippen LogP contribution is 2.13. The summed E-state index contributed by atoms with van der Waals surface area (Å²) in [5, 5.41) is 12.5. The maximum atomic E-state index is 12.0. The number of rotatable bonds is 7. The Balaban J connectivity index is 2.67. The van der Waals surface area contributed by atoms with E-state index in [-0.39, 0.29) is 0 Å². The number of hydrogen-bond donors (Lipinski definition) is 2. The molecular formula is C15H21NO4. The largest absolute Gasteiger partial charge is 0.467 e. The minimum absolute atomic E-state index is 0.490. The van der Waals surface area contributed by atoms with Crippen molar-refractivity contribution in [2.75, 3.05) is 7.11 Å². The Morgan fingerprint density at radius 2 is 1.95 bits per heavy atom. The number of hydrogen-bond acceptors (Lipinski definition) is 4. The molecule has 5 nitrogen and oxygen atoms in total. The van der Waals surface area contributed by atoms with Gasteiger partial charge in [0.25, 0.3) is 5.91 Å². The fourth-order valence-electron chi connectivity index (χ4n) is 1.84. The first-order valence-corrected chi connectivity index (χ1v) is 6.71. The van der Waals surface area contributed by atoms with Crippen LogP contribution in [0.5, 0.6) is 0 Å². The maximum Gasteiger partial charge on any atom is 0.328 e. The van der Waals surface area contributed by atoms with Gasteiger partial charge in [-0.2, -0.15) is 0 Å². The van der Waals surface area contributed by atoms with Crippen molar-refractivity contribution in [3.05, 3.63) is 35.9 Å². The molecular weight excluding hydrogens is 258 g/mol. The van der Waals surface area contributed by atoms with Gasteiger partial charge in [-0.1, -0.05) is 50.1 Å². The molecule has 1 aromatic rings.